The molecule has 0 saturated heterocycles. The zero-order valence-electron chi connectivity index (χ0n) is 10.8. The summed E-state index contributed by atoms with van der Waals surface area (Å²) in [6, 6.07) is 6.50. The van der Waals surface area contributed by atoms with Crippen molar-refractivity contribution in [3.8, 4) is 0 Å². The van der Waals surface area contributed by atoms with Crippen LogP contribution in [-0.2, 0) is 5.41 Å². The minimum Gasteiger partial charge on any atom is -0.342 e. The van der Waals surface area contributed by atoms with E-state index in [9.17, 15) is 0 Å². The number of aromatic amines is 1. The number of hydrogen-bond donors (Lipinski definition) is 1. The number of nitrogens with zero attached hydrogens (tertiary/aromatic N) is 1. The van der Waals surface area contributed by atoms with Gasteiger partial charge in [0.05, 0.1) is 11.0 Å². The van der Waals surface area contributed by atoms with E-state index >= 15 is 0 Å². The van der Waals surface area contributed by atoms with Gasteiger partial charge in [-0.05, 0) is 23.6 Å². The molecule has 0 bridgehead atoms. The Kier molecular flexibility index (Phi) is 2.53. The number of aromatic nitrogens is 2. The molecule has 0 aliphatic heterocycles. The quantitative estimate of drug-likeness (QED) is 0.767. The normalized spacial score (nSPS) is 12.6. The van der Waals surface area contributed by atoms with Crippen molar-refractivity contribution < 1.29 is 0 Å². The van der Waals surface area contributed by atoms with Gasteiger partial charge in [0.15, 0.2) is 0 Å². The maximum atomic E-state index is 4.67. The van der Waals surface area contributed by atoms with Crippen molar-refractivity contribution in [3.63, 3.8) is 0 Å². The van der Waals surface area contributed by atoms with Crippen LogP contribution in [-0.4, -0.2) is 9.97 Å². The van der Waals surface area contributed by atoms with Crippen LogP contribution in [0.5, 0.6) is 0 Å². The molecule has 2 rings (SSSR count). The van der Waals surface area contributed by atoms with Gasteiger partial charge in [0.2, 0.25) is 0 Å². The first-order chi connectivity index (χ1) is 7.38. The number of nitrogens with one attached hydrogen (secondary N) is 1. The number of benzene rings is 1. The molecule has 0 amide bonds. The smallest absolute Gasteiger partial charge is 0.112 e. The van der Waals surface area contributed by atoms with Crippen LogP contribution < -0.4 is 0 Å². The first-order valence-electron chi connectivity index (χ1n) is 5.88. The van der Waals surface area contributed by atoms with Gasteiger partial charge < -0.3 is 4.98 Å². The molecule has 2 nitrogen and oxygen atoms in total. The summed E-state index contributed by atoms with van der Waals surface area (Å²) in [5, 5.41) is 0. The Hall–Kier alpha value is -1.31. The van der Waals surface area contributed by atoms with Crippen LogP contribution in [0.15, 0.2) is 18.2 Å². The fraction of sp³-hybridized carbons (Fsp3) is 0.500. The number of imidazole rings is 1. The molecule has 0 saturated carbocycles. The van der Waals surface area contributed by atoms with E-state index in [2.05, 4.69) is 62.8 Å². The van der Waals surface area contributed by atoms with E-state index in [1.165, 1.54) is 5.56 Å². The molecule has 0 aliphatic carbocycles. The predicted molar refractivity (Wildman–Crippen MR) is 68.9 cm³/mol. The highest BCUT2D eigenvalue weighted by atomic mass is 14.9. The molecule has 0 fully saturated rings. The van der Waals surface area contributed by atoms with Crippen LogP contribution in [0.25, 0.3) is 11.0 Å². The zero-order chi connectivity index (χ0) is 11.9. The van der Waals surface area contributed by atoms with Crippen LogP contribution >= 0.6 is 0 Å². The predicted octanol–water partition coefficient (Wildman–Crippen LogP) is 3.98. The molecule has 2 heteroatoms. The van der Waals surface area contributed by atoms with Crippen molar-refractivity contribution in [2.45, 2.75) is 46.0 Å². The molecule has 1 N–H and O–H groups in total. The summed E-state index contributed by atoms with van der Waals surface area (Å²) in [5.41, 5.74) is 3.64. The molecule has 0 spiro atoms. The van der Waals surface area contributed by atoms with Gasteiger partial charge in [0, 0.05) is 5.41 Å². The maximum absolute atomic E-state index is 4.67. The summed E-state index contributed by atoms with van der Waals surface area (Å²) in [4.78, 5) is 8.06. The molecule has 0 aliphatic rings. The van der Waals surface area contributed by atoms with E-state index in [4.69, 9.17) is 0 Å². The van der Waals surface area contributed by atoms with Gasteiger partial charge in [-0.2, -0.15) is 0 Å². The van der Waals surface area contributed by atoms with Crippen LogP contribution in [0.3, 0.4) is 0 Å². The highest BCUT2D eigenvalue weighted by molar-refractivity contribution is 5.76. The number of hydrogen-bond acceptors (Lipinski definition) is 1. The molecule has 1 aromatic carbocycles. The minimum absolute atomic E-state index is 0.0804. The summed E-state index contributed by atoms with van der Waals surface area (Å²) in [5.74, 6) is 1.61. The molecule has 0 atom stereocenters. The number of fused-ring (bicyclic) bond motifs is 1. The first kappa shape index (κ1) is 11.2. The fourth-order valence-corrected chi connectivity index (χ4v) is 1.74. The average Bonchev–Trinajstić information content (AvgIpc) is 2.58. The van der Waals surface area contributed by atoms with Gasteiger partial charge in [0.1, 0.15) is 5.82 Å². The van der Waals surface area contributed by atoms with Crippen molar-refractivity contribution in [2.24, 2.45) is 0 Å². The summed E-state index contributed by atoms with van der Waals surface area (Å²) in [7, 11) is 0. The topological polar surface area (TPSA) is 28.7 Å². The summed E-state index contributed by atoms with van der Waals surface area (Å²) in [6.45, 7) is 10.9. The van der Waals surface area contributed by atoms with Gasteiger partial charge in [-0.1, -0.05) is 40.7 Å². The lowest BCUT2D eigenvalue weighted by Gasteiger charge is -2.13. The van der Waals surface area contributed by atoms with E-state index in [-0.39, 0.29) is 5.41 Å². The first-order valence-corrected chi connectivity index (χ1v) is 5.88. The van der Waals surface area contributed by atoms with E-state index in [1.807, 2.05) is 0 Å². The second-order valence-electron chi connectivity index (χ2n) is 5.77. The third-order valence-electron chi connectivity index (χ3n) is 2.88. The summed E-state index contributed by atoms with van der Waals surface area (Å²) in [6.07, 6.45) is 0. The van der Waals surface area contributed by atoms with Gasteiger partial charge in [-0.3, -0.25) is 0 Å². The summed E-state index contributed by atoms with van der Waals surface area (Å²) < 4.78 is 0. The Morgan fingerprint density at radius 2 is 1.88 bits per heavy atom. The second kappa shape index (κ2) is 3.62. The highest BCUT2D eigenvalue weighted by Gasteiger charge is 2.18. The van der Waals surface area contributed by atoms with Crippen molar-refractivity contribution in [3.05, 3.63) is 29.6 Å². The average molecular weight is 216 g/mol. The van der Waals surface area contributed by atoms with Crippen LogP contribution in [0.4, 0.5) is 0 Å². The molecule has 1 heterocycles. The van der Waals surface area contributed by atoms with Crippen LogP contribution in [0.1, 0.15) is 51.9 Å². The molecule has 0 unspecified atom stereocenters. The van der Waals surface area contributed by atoms with Gasteiger partial charge in [-0.25, -0.2) is 4.98 Å². The maximum Gasteiger partial charge on any atom is 0.112 e. The number of rotatable bonds is 1. The molecular formula is C14H20N2. The van der Waals surface area contributed by atoms with Gasteiger partial charge >= 0.3 is 0 Å². The molecule has 86 valence electrons. The minimum atomic E-state index is 0.0804. The lowest BCUT2D eigenvalue weighted by atomic mass is 9.96. The largest absolute Gasteiger partial charge is 0.342 e. The third-order valence-corrected chi connectivity index (χ3v) is 2.88. The van der Waals surface area contributed by atoms with Gasteiger partial charge in [-0.15, -0.1) is 0 Å². The van der Waals surface area contributed by atoms with E-state index in [1.54, 1.807) is 0 Å². The lowest BCUT2D eigenvalue weighted by molar-refractivity contribution is 0.554. The van der Waals surface area contributed by atoms with Crippen molar-refractivity contribution >= 4 is 11.0 Å². The number of H-pyrrole nitrogens is 1. The molecular weight excluding hydrogens is 196 g/mol. The van der Waals surface area contributed by atoms with Gasteiger partial charge in [0.25, 0.3) is 0 Å². The molecule has 1 aromatic heterocycles. The molecule has 0 radical (unpaired) electrons. The standard InChI is InChI=1S/C14H20N2/c1-9(2)10-6-7-11-12(8-10)16-13(15-11)14(3,4)5/h6-9H,1-5H3,(H,15,16). The Morgan fingerprint density at radius 1 is 1.19 bits per heavy atom. The zero-order valence-corrected chi connectivity index (χ0v) is 10.8. The van der Waals surface area contributed by atoms with E-state index in [0.29, 0.717) is 5.92 Å². The fourth-order valence-electron chi connectivity index (χ4n) is 1.74. The second-order valence-corrected chi connectivity index (χ2v) is 5.77. The highest BCUT2D eigenvalue weighted by Crippen LogP contribution is 2.24. The van der Waals surface area contributed by atoms with Crippen LogP contribution in [0, 0.1) is 0 Å². The molecule has 2 aromatic rings. The van der Waals surface area contributed by atoms with Crippen molar-refractivity contribution in [1.82, 2.24) is 9.97 Å². The van der Waals surface area contributed by atoms with E-state index < -0.39 is 0 Å². The summed E-state index contributed by atoms with van der Waals surface area (Å²) >= 11 is 0. The Bertz CT molecular complexity index is 501. The molecule has 16 heavy (non-hydrogen) atoms. The van der Waals surface area contributed by atoms with Crippen molar-refractivity contribution in [1.29, 1.82) is 0 Å². The lowest BCUT2D eigenvalue weighted by Crippen LogP contribution is -2.12. The SMILES string of the molecule is CC(C)c1ccc2[nH]c(C(C)(C)C)nc2c1. The van der Waals surface area contributed by atoms with Crippen molar-refractivity contribution in [2.75, 3.05) is 0 Å². The van der Waals surface area contributed by atoms with E-state index in [0.717, 1.165) is 16.9 Å². The monoisotopic (exact) mass is 216 g/mol. The third kappa shape index (κ3) is 1.97. The Labute approximate surface area is 97.1 Å². The van der Waals surface area contributed by atoms with Crippen LogP contribution in [0.2, 0.25) is 0 Å². The Morgan fingerprint density at radius 3 is 2.44 bits per heavy atom. The Balaban J connectivity index is 2.54.